The maximum atomic E-state index is 15.0. The van der Waals surface area contributed by atoms with E-state index >= 15 is 4.39 Å². The monoisotopic (exact) mass is 422 g/mol. The molecule has 0 aliphatic carbocycles. The second kappa shape index (κ2) is 7.63. The van der Waals surface area contributed by atoms with Crippen LogP contribution in [0.4, 0.5) is 8.78 Å². The van der Waals surface area contributed by atoms with Crippen molar-refractivity contribution in [2.75, 3.05) is 6.54 Å². The highest BCUT2D eigenvalue weighted by atomic mass is 35.5. The smallest absolute Gasteiger partial charge is 0.145 e. The van der Waals surface area contributed by atoms with Crippen molar-refractivity contribution < 1.29 is 8.78 Å². The lowest BCUT2D eigenvalue weighted by Crippen LogP contribution is -2.44. The molecule has 6 heteroatoms. The Morgan fingerprint density at radius 1 is 1.21 bits per heavy atom. The van der Waals surface area contributed by atoms with Crippen molar-refractivity contribution in [2.24, 2.45) is 5.41 Å². The fourth-order valence-electron chi connectivity index (χ4n) is 4.23. The second-order valence-corrected chi connectivity index (χ2v) is 9.37. The lowest BCUT2D eigenvalue weighted by atomic mass is 9.64. The maximum absolute atomic E-state index is 15.0. The van der Waals surface area contributed by atoms with Gasteiger partial charge in [0, 0.05) is 29.1 Å². The van der Waals surface area contributed by atoms with Crippen LogP contribution >= 0.6 is 23.2 Å². The fourth-order valence-corrected chi connectivity index (χ4v) is 4.57. The van der Waals surface area contributed by atoms with E-state index in [2.05, 4.69) is 32.2 Å². The molecule has 1 heterocycles. The highest BCUT2D eigenvalue weighted by Gasteiger charge is 2.55. The van der Waals surface area contributed by atoms with Crippen molar-refractivity contribution in [3.05, 3.63) is 69.2 Å². The zero-order chi connectivity index (χ0) is 20.7. The molecular formula is C22H22Cl2F2N2. The van der Waals surface area contributed by atoms with Crippen LogP contribution in [0.2, 0.25) is 10.0 Å². The number of nitrogens with zero attached hydrogens (tertiary/aromatic N) is 1. The zero-order valence-corrected chi connectivity index (χ0v) is 17.5. The summed E-state index contributed by atoms with van der Waals surface area (Å²) in [5.41, 5.74) is -0.881. The summed E-state index contributed by atoms with van der Waals surface area (Å²) in [4.78, 5) is 0. The van der Waals surface area contributed by atoms with Gasteiger partial charge in [-0.15, -0.1) is 0 Å². The summed E-state index contributed by atoms with van der Waals surface area (Å²) in [6, 6.07) is 11.0. The molecule has 0 unspecified atom stereocenters. The molecule has 1 aliphatic rings. The van der Waals surface area contributed by atoms with Gasteiger partial charge in [0.25, 0.3) is 0 Å². The lowest BCUT2D eigenvalue weighted by Gasteiger charge is -2.37. The Balaban J connectivity index is 2.25. The molecule has 0 radical (unpaired) electrons. The van der Waals surface area contributed by atoms with E-state index in [0.717, 1.165) is 0 Å². The molecule has 0 aromatic heterocycles. The summed E-state index contributed by atoms with van der Waals surface area (Å²) < 4.78 is 29.9. The number of hydrogen-bond donors (Lipinski definition) is 1. The van der Waals surface area contributed by atoms with Gasteiger partial charge in [0.1, 0.15) is 17.0 Å². The molecular weight excluding hydrogens is 401 g/mol. The fraction of sp³-hybridized carbons (Fsp3) is 0.409. The molecule has 28 heavy (non-hydrogen) atoms. The molecule has 3 atom stereocenters. The summed E-state index contributed by atoms with van der Waals surface area (Å²) in [6.07, 6.45) is 0.612. The Bertz CT molecular complexity index is 933. The molecule has 0 bridgehead atoms. The predicted molar refractivity (Wildman–Crippen MR) is 109 cm³/mol. The van der Waals surface area contributed by atoms with Gasteiger partial charge in [0.15, 0.2) is 0 Å². The molecule has 2 aromatic rings. The average molecular weight is 423 g/mol. The quantitative estimate of drug-likeness (QED) is 0.636. The first kappa shape index (κ1) is 21.0. The highest BCUT2D eigenvalue weighted by molar-refractivity contribution is 6.31. The van der Waals surface area contributed by atoms with E-state index in [9.17, 15) is 9.65 Å². The minimum atomic E-state index is -1.30. The van der Waals surface area contributed by atoms with Crippen molar-refractivity contribution in [3.8, 4) is 6.07 Å². The van der Waals surface area contributed by atoms with Crippen molar-refractivity contribution in [1.82, 2.24) is 5.32 Å². The molecule has 1 aliphatic heterocycles. The Morgan fingerprint density at radius 3 is 2.54 bits per heavy atom. The average Bonchev–Trinajstić information content (AvgIpc) is 2.94. The summed E-state index contributed by atoms with van der Waals surface area (Å²) in [5.74, 6) is -1.73. The van der Waals surface area contributed by atoms with Crippen LogP contribution < -0.4 is 5.32 Å². The summed E-state index contributed by atoms with van der Waals surface area (Å²) in [5, 5.41) is 14.0. The van der Waals surface area contributed by atoms with E-state index in [1.54, 1.807) is 24.3 Å². The third-order valence-corrected chi connectivity index (χ3v) is 5.93. The summed E-state index contributed by atoms with van der Waals surface area (Å²) in [7, 11) is 0. The molecule has 148 valence electrons. The largest absolute Gasteiger partial charge is 0.311 e. The van der Waals surface area contributed by atoms with Crippen LogP contribution in [0.25, 0.3) is 0 Å². The zero-order valence-electron chi connectivity index (χ0n) is 16.0. The summed E-state index contributed by atoms with van der Waals surface area (Å²) in [6.45, 7) is 6.51. The van der Waals surface area contributed by atoms with Gasteiger partial charge in [-0.25, -0.2) is 8.78 Å². The molecule has 1 fully saturated rings. The predicted octanol–water partition coefficient (Wildman–Crippen LogP) is 6.22. The Kier molecular flexibility index (Phi) is 5.74. The lowest BCUT2D eigenvalue weighted by molar-refractivity contribution is 0.278. The number of hydrogen-bond acceptors (Lipinski definition) is 2. The number of rotatable bonds is 3. The van der Waals surface area contributed by atoms with Gasteiger partial charge in [-0.1, -0.05) is 62.2 Å². The summed E-state index contributed by atoms with van der Waals surface area (Å²) >= 11 is 11.9. The van der Waals surface area contributed by atoms with Crippen LogP contribution in [0.1, 0.15) is 44.2 Å². The van der Waals surface area contributed by atoms with E-state index in [1.807, 2.05) is 0 Å². The van der Waals surface area contributed by atoms with Crippen molar-refractivity contribution in [2.45, 2.75) is 44.6 Å². The van der Waals surface area contributed by atoms with Crippen LogP contribution in [0, 0.1) is 28.4 Å². The van der Waals surface area contributed by atoms with Gasteiger partial charge in [-0.2, -0.15) is 5.26 Å². The number of benzene rings is 2. The second-order valence-electron chi connectivity index (χ2n) is 8.53. The number of nitrogens with one attached hydrogen (secondary N) is 1. The highest BCUT2D eigenvalue weighted by Crippen LogP contribution is 2.50. The third kappa shape index (κ3) is 3.64. The van der Waals surface area contributed by atoms with Crippen molar-refractivity contribution >= 4 is 23.2 Å². The maximum Gasteiger partial charge on any atom is 0.145 e. The van der Waals surface area contributed by atoms with Crippen LogP contribution in [-0.2, 0) is 5.41 Å². The Hall–Kier alpha value is -1.67. The molecule has 0 spiro atoms. The molecule has 0 amide bonds. The van der Waals surface area contributed by atoms with Gasteiger partial charge in [0.2, 0.25) is 0 Å². The van der Waals surface area contributed by atoms with Gasteiger partial charge in [-0.3, -0.25) is 0 Å². The minimum Gasteiger partial charge on any atom is -0.311 e. The normalized spacial score (nSPS) is 24.9. The van der Waals surface area contributed by atoms with Crippen LogP contribution in [-0.4, -0.2) is 12.6 Å². The molecule has 3 rings (SSSR count). The van der Waals surface area contributed by atoms with Gasteiger partial charge < -0.3 is 5.32 Å². The Morgan fingerprint density at radius 2 is 1.93 bits per heavy atom. The van der Waals surface area contributed by atoms with E-state index in [4.69, 9.17) is 23.2 Å². The van der Waals surface area contributed by atoms with Crippen LogP contribution in [0.3, 0.4) is 0 Å². The molecule has 2 aromatic carbocycles. The van der Waals surface area contributed by atoms with E-state index in [1.165, 1.54) is 12.1 Å². The molecule has 1 saturated heterocycles. The van der Waals surface area contributed by atoms with Crippen LogP contribution in [0.5, 0.6) is 0 Å². The van der Waals surface area contributed by atoms with Crippen LogP contribution in [0.15, 0.2) is 36.4 Å². The topological polar surface area (TPSA) is 35.8 Å². The van der Waals surface area contributed by atoms with E-state index in [-0.39, 0.29) is 27.1 Å². The first-order chi connectivity index (χ1) is 13.1. The van der Waals surface area contributed by atoms with Gasteiger partial charge in [-0.05, 0) is 35.6 Å². The minimum absolute atomic E-state index is 0.0137. The standard InChI is InChI=1S/C22H22Cl2F2N2/c1-21(2,3)10-19-22(12-27,15-8-7-13(23)9-18(15)25)16(11-28-19)14-5-4-6-17(24)20(14)26/h4-9,16,19,28H,10-11H2,1-3H3/t16-,19+,22-/m1/s1. The third-order valence-electron chi connectivity index (χ3n) is 5.40. The van der Waals surface area contributed by atoms with Gasteiger partial charge in [0.05, 0.1) is 11.1 Å². The van der Waals surface area contributed by atoms with Crippen molar-refractivity contribution in [1.29, 1.82) is 5.26 Å². The number of nitriles is 1. The molecule has 2 nitrogen and oxygen atoms in total. The number of halogens is 4. The Labute approximate surface area is 174 Å². The molecule has 0 saturated carbocycles. The van der Waals surface area contributed by atoms with Crippen molar-refractivity contribution in [3.63, 3.8) is 0 Å². The van der Waals surface area contributed by atoms with E-state index in [0.29, 0.717) is 18.5 Å². The SMILES string of the molecule is CC(C)(C)C[C@@H]1NC[C@H](c2cccc(Cl)c2F)[C@@]1(C#N)c1ccc(Cl)cc1F. The molecule has 1 N–H and O–H groups in total. The first-order valence-corrected chi connectivity index (χ1v) is 9.90. The van der Waals surface area contributed by atoms with E-state index < -0.39 is 23.0 Å². The first-order valence-electron chi connectivity index (χ1n) is 9.14. The van der Waals surface area contributed by atoms with Gasteiger partial charge >= 0.3 is 0 Å².